The smallest absolute Gasteiger partial charge is 0.262 e. The highest BCUT2D eigenvalue weighted by Gasteiger charge is 2.16. The van der Waals surface area contributed by atoms with Crippen LogP contribution in [0.15, 0.2) is 71.6 Å². The number of Topliss-reactive ketones (excluding diaryl/α,β-unsaturated/α-hetero) is 1. The number of ether oxygens (including phenoxy) is 1. The number of benzene rings is 3. The van der Waals surface area contributed by atoms with Gasteiger partial charge in [-0.15, -0.1) is 0 Å². The van der Waals surface area contributed by atoms with Crippen LogP contribution in [0.4, 0.5) is 11.4 Å². The van der Waals surface area contributed by atoms with E-state index in [1.807, 2.05) is 32.0 Å². The van der Waals surface area contributed by atoms with E-state index in [4.69, 9.17) is 4.74 Å². The van der Waals surface area contributed by atoms with Gasteiger partial charge in [-0.1, -0.05) is 30.3 Å². The van der Waals surface area contributed by atoms with Crippen LogP contribution < -0.4 is 14.8 Å². The van der Waals surface area contributed by atoms with Crippen LogP contribution in [0.2, 0.25) is 0 Å². The van der Waals surface area contributed by atoms with Crippen molar-refractivity contribution < 1.29 is 22.7 Å². The first kappa shape index (κ1) is 23.0. The third kappa shape index (κ3) is 5.73. The van der Waals surface area contributed by atoms with E-state index in [0.29, 0.717) is 22.7 Å². The molecule has 0 aromatic heterocycles. The molecule has 0 radical (unpaired) electrons. The summed E-state index contributed by atoms with van der Waals surface area (Å²) in [6.45, 7) is 4.87. The highest BCUT2D eigenvalue weighted by atomic mass is 32.2. The Bertz CT molecular complexity index is 1230. The van der Waals surface area contributed by atoms with Crippen molar-refractivity contribution in [3.8, 4) is 5.75 Å². The summed E-state index contributed by atoms with van der Waals surface area (Å²) < 4.78 is 33.5. The van der Waals surface area contributed by atoms with Crippen molar-refractivity contribution in [1.29, 1.82) is 0 Å². The number of sulfonamides is 1. The third-order valence-electron chi connectivity index (χ3n) is 4.78. The molecule has 0 aliphatic carbocycles. The number of nitrogens with one attached hydrogen (secondary N) is 2. The van der Waals surface area contributed by atoms with E-state index in [2.05, 4.69) is 10.0 Å². The maximum atomic E-state index is 12.7. The molecule has 0 fully saturated rings. The summed E-state index contributed by atoms with van der Waals surface area (Å²) in [5.74, 6) is -0.101. The summed E-state index contributed by atoms with van der Waals surface area (Å²) in [7, 11) is -3.78. The molecule has 1 amide bonds. The molecule has 0 atom stereocenters. The van der Waals surface area contributed by atoms with E-state index in [1.54, 1.807) is 24.3 Å². The zero-order valence-corrected chi connectivity index (χ0v) is 18.8. The van der Waals surface area contributed by atoms with Gasteiger partial charge in [0.25, 0.3) is 15.9 Å². The molecule has 166 valence electrons. The molecule has 0 spiro atoms. The van der Waals surface area contributed by atoms with Crippen molar-refractivity contribution in [2.75, 3.05) is 16.6 Å². The van der Waals surface area contributed by atoms with Crippen LogP contribution in [0.5, 0.6) is 5.75 Å². The number of amides is 1. The fourth-order valence-corrected chi connectivity index (χ4v) is 4.24. The average Bonchev–Trinajstić information content (AvgIpc) is 2.75. The monoisotopic (exact) mass is 452 g/mol. The molecule has 2 N–H and O–H groups in total. The van der Waals surface area contributed by atoms with E-state index < -0.39 is 15.9 Å². The molecule has 0 aliphatic heterocycles. The van der Waals surface area contributed by atoms with Crippen LogP contribution in [0.1, 0.15) is 28.4 Å². The highest BCUT2D eigenvalue weighted by Crippen LogP contribution is 2.24. The molecule has 0 unspecified atom stereocenters. The number of rotatable bonds is 8. The highest BCUT2D eigenvalue weighted by molar-refractivity contribution is 7.92. The fraction of sp³-hybridized carbons (Fsp3) is 0.167. The van der Waals surface area contributed by atoms with Crippen LogP contribution >= 0.6 is 0 Å². The maximum Gasteiger partial charge on any atom is 0.262 e. The van der Waals surface area contributed by atoms with E-state index in [-0.39, 0.29) is 17.3 Å². The van der Waals surface area contributed by atoms with Gasteiger partial charge in [0.1, 0.15) is 5.75 Å². The van der Waals surface area contributed by atoms with Gasteiger partial charge in [0, 0.05) is 11.3 Å². The Morgan fingerprint density at radius 3 is 2.16 bits per heavy atom. The first-order valence-corrected chi connectivity index (χ1v) is 11.4. The normalized spacial score (nSPS) is 11.0. The van der Waals surface area contributed by atoms with Crippen molar-refractivity contribution in [2.45, 2.75) is 25.7 Å². The first-order valence-electron chi connectivity index (χ1n) is 9.88. The van der Waals surface area contributed by atoms with Crippen molar-refractivity contribution >= 4 is 33.1 Å². The summed E-state index contributed by atoms with van der Waals surface area (Å²) >= 11 is 0. The van der Waals surface area contributed by atoms with Crippen molar-refractivity contribution in [3.63, 3.8) is 0 Å². The number of hydrogen-bond donors (Lipinski definition) is 2. The Kier molecular flexibility index (Phi) is 6.95. The van der Waals surface area contributed by atoms with Crippen LogP contribution in [-0.2, 0) is 14.8 Å². The predicted molar refractivity (Wildman–Crippen MR) is 124 cm³/mol. The second-order valence-corrected chi connectivity index (χ2v) is 9.00. The molecular weight excluding hydrogens is 428 g/mol. The number of carbonyl (C=O) groups excluding carboxylic acids is 2. The molecule has 32 heavy (non-hydrogen) atoms. The van der Waals surface area contributed by atoms with Crippen LogP contribution in [0, 0.1) is 13.8 Å². The lowest BCUT2D eigenvalue weighted by molar-refractivity contribution is -0.118. The van der Waals surface area contributed by atoms with E-state index in [9.17, 15) is 18.0 Å². The summed E-state index contributed by atoms with van der Waals surface area (Å²) in [5.41, 5.74) is 3.13. The first-order chi connectivity index (χ1) is 15.2. The van der Waals surface area contributed by atoms with Crippen LogP contribution in [0.3, 0.4) is 0 Å². The SMILES string of the molecule is CC(=O)c1cccc(OCC(=O)Nc2ccc(S(=O)(=O)Nc3c(C)cccc3C)cc2)c1. The lowest BCUT2D eigenvalue weighted by atomic mass is 10.1. The van der Waals surface area contributed by atoms with Gasteiger partial charge < -0.3 is 10.1 Å². The minimum atomic E-state index is -3.78. The van der Waals surface area contributed by atoms with Gasteiger partial charge in [-0.25, -0.2) is 8.42 Å². The summed E-state index contributed by atoms with van der Waals surface area (Å²) in [4.78, 5) is 23.7. The van der Waals surface area contributed by atoms with Gasteiger partial charge in [0.2, 0.25) is 0 Å². The Morgan fingerprint density at radius 2 is 1.53 bits per heavy atom. The molecule has 3 aromatic carbocycles. The minimum absolute atomic E-state index is 0.0791. The van der Waals surface area contributed by atoms with Gasteiger partial charge in [0.15, 0.2) is 12.4 Å². The van der Waals surface area contributed by atoms with Crippen LogP contribution in [-0.4, -0.2) is 26.7 Å². The van der Waals surface area contributed by atoms with Crippen molar-refractivity contribution in [3.05, 3.63) is 83.4 Å². The topological polar surface area (TPSA) is 102 Å². The summed E-state index contributed by atoms with van der Waals surface area (Å²) in [5, 5.41) is 2.65. The molecule has 8 heteroatoms. The Balaban J connectivity index is 1.62. The molecule has 3 aromatic rings. The van der Waals surface area contributed by atoms with Crippen LogP contribution in [0.25, 0.3) is 0 Å². The number of anilines is 2. The third-order valence-corrected chi connectivity index (χ3v) is 6.14. The lowest BCUT2D eigenvalue weighted by Gasteiger charge is -2.13. The average molecular weight is 453 g/mol. The Labute approximate surface area is 187 Å². The van der Waals surface area contributed by atoms with Gasteiger partial charge in [-0.2, -0.15) is 0 Å². The number of ketones is 1. The quantitative estimate of drug-likeness (QED) is 0.496. The lowest BCUT2D eigenvalue weighted by Crippen LogP contribution is -2.20. The zero-order chi connectivity index (χ0) is 23.3. The van der Waals surface area contributed by atoms with E-state index >= 15 is 0 Å². The number of carbonyl (C=O) groups is 2. The molecule has 0 bridgehead atoms. The predicted octanol–water partition coefficient (Wildman–Crippen LogP) is 4.32. The fourth-order valence-electron chi connectivity index (χ4n) is 3.04. The van der Waals surface area contributed by atoms with E-state index in [1.165, 1.54) is 31.2 Å². The Morgan fingerprint density at radius 1 is 0.906 bits per heavy atom. The minimum Gasteiger partial charge on any atom is -0.484 e. The molecular formula is C24H24N2O5S. The second kappa shape index (κ2) is 9.65. The maximum absolute atomic E-state index is 12.7. The number of hydrogen-bond acceptors (Lipinski definition) is 5. The summed E-state index contributed by atoms with van der Waals surface area (Å²) in [6.07, 6.45) is 0. The zero-order valence-electron chi connectivity index (χ0n) is 18.0. The largest absolute Gasteiger partial charge is 0.484 e. The molecule has 0 heterocycles. The molecule has 7 nitrogen and oxygen atoms in total. The molecule has 0 saturated heterocycles. The van der Waals surface area contributed by atoms with E-state index in [0.717, 1.165) is 11.1 Å². The van der Waals surface area contributed by atoms with Crippen molar-refractivity contribution in [1.82, 2.24) is 0 Å². The molecule has 3 rings (SSSR count). The molecule has 0 aliphatic rings. The molecule has 0 saturated carbocycles. The van der Waals surface area contributed by atoms with Gasteiger partial charge in [0.05, 0.1) is 10.6 Å². The second-order valence-electron chi connectivity index (χ2n) is 7.32. The number of para-hydroxylation sites is 1. The number of aryl methyl sites for hydroxylation is 2. The van der Waals surface area contributed by atoms with Gasteiger partial charge in [-0.3, -0.25) is 14.3 Å². The standard InChI is InChI=1S/C24H24N2O5S/c1-16-6-4-7-17(2)24(16)26-32(29,30)22-12-10-20(11-13-22)25-23(28)15-31-21-9-5-8-19(14-21)18(3)27/h4-14,26H,15H2,1-3H3,(H,25,28). The van der Waals surface area contributed by atoms with Gasteiger partial charge >= 0.3 is 0 Å². The van der Waals surface area contributed by atoms with Gasteiger partial charge in [-0.05, 0) is 68.3 Å². The Hall–Kier alpha value is -3.65. The summed E-state index contributed by atoms with van der Waals surface area (Å²) in [6, 6.07) is 18.0. The van der Waals surface area contributed by atoms with Crippen molar-refractivity contribution in [2.24, 2.45) is 0 Å².